The third kappa shape index (κ3) is 6.16. The van der Waals surface area contributed by atoms with Gasteiger partial charge in [0.25, 0.3) is 5.91 Å². The zero-order valence-electron chi connectivity index (χ0n) is 22.7. The Balaban J connectivity index is 1.16. The van der Waals surface area contributed by atoms with Crippen molar-refractivity contribution < 1.29 is 18.8 Å². The molecule has 38 heavy (non-hydrogen) atoms. The summed E-state index contributed by atoms with van der Waals surface area (Å²) in [7, 11) is 0. The van der Waals surface area contributed by atoms with Gasteiger partial charge in [-0.05, 0) is 52.9 Å². The first kappa shape index (κ1) is 26.2. The monoisotopic (exact) mass is 526 g/mol. The fraction of sp³-hybridized carbons (Fsp3) is 0.692. The van der Waals surface area contributed by atoms with Crippen LogP contribution < -0.4 is 15.1 Å². The van der Waals surface area contributed by atoms with Crippen molar-refractivity contribution in [3.8, 4) is 0 Å². The van der Waals surface area contributed by atoms with Gasteiger partial charge in [0.15, 0.2) is 5.82 Å². The fourth-order valence-electron chi connectivity index (χ4n) is 5.11. The molecule has 2 aliphatic heterocycles. The topological polar surface area (TPSA) is 130 Å². The number of piperidine rings is 1. The Labute approximate surface area is 223 Å². The molecule has 206 valence electrons. The quantitative estimate of drug-likeness (QED) is 0.575. The van der Waals surface area contributed by atoms with E-state index in [0.29, 0.717) is 29.9 Å². The number of nitrogens with one attached hydrogen (secondary N) is 1. The van der Waals surface area contributed by atoms with E-state index in [1.807, 2.05) is 32.6 Å². The second-order valence-corrected chi connectivity index (χ2v) is 11.4. The van der Waals surface area contributed by atoms with Crippen molar-refractivity contribution in [3.63, 3.8) is 0 Å². The Morgan fingerprint density at radius 1 is 1.05 bits per heavy atom. The van der Waals surface area contributed by atoms with Crippen LogP contribution in [0.2, 0.25) is 0 Å². The largest absolute Gasteiger partial charge is 0.444 e. The third-order valence-corrected chi connectivity index (χ3v) is 7.15. The van der Waals surface area contributed by atoms with Gasteiger partial charge in [-0.1, -0.05) is 12.1 Å². The highest BCUT2D eigenvalue weighted by molar-refractivity contribution is 5.94. The number of aryl methyl sites for hydroxylation is 1. The van der Waals surface area contributed by atoms with E-state index in [4.69, 9.17) is 9.26 Å². The lowest BCUT2D eigenvalue weighted by Crippen LogP contribution is -2.48. The smallest absolute Gasteiger partial charge is 0.407 e. The second kappa shape index (κ2) is 10.7. The van der Waals surface area contributed by atoms with Crippen LogP contribution in [0.25, 0.3) is 0 Å². The maximum absolute atomic E-state index is 13.6. The van der Waals surface area contributed by atoms with Gasteiger partial charge in [0.2, 0.25) is 5.95 Å². The average Bonchev–Trinajstić information content (AvgIpc) is 3.40. The molecule has 2 aromatic heterocycles. The van der Waals surface area contributed by atoms with Gasteiger partial charge < -0.3 is 29.3 Å². The molecule has 0 aromatic carbocycles. The summed E-state index contributed by atoms with van der Waals surface area (Å²) in [5, 5.41) is 6.92. The zero-order chi connectivity index (χ0) is 26.9. The lowest BCUT2D eigenvalue weighted by Gasteiger charge is -2.38. The summed E-state index contributed by atoms with van der Waals surface area (Å²) in [6.07, 6.45) is 8.15. The molecule has 0 bridgehead atoms. The lowest BCUT2D eigenvalue weighted by atomic mass is 10.0. The molecule has 1 atom stereocenters. The van der Waals surface area contributed by atoms with Crippen LogP contribution in [-0.2, 0) is 11.2 Å². The molecule has 2 aromatic rings. The number of hydrogen-bond donors (Lipinski definition) is 1. The molecule has 1 unspecified atom stereocenters. The lowest BCUT2D eigenvalue weighted by molar-refractivity contribution is 0.0508. The first-order valence-corrected chi connectivity index (χ1v) is 13.7. The van der Waals surface area contributed by atoms with Crippen molar-refractivity contribution in [1.82, 2.24) is 30.3 Å². The van der Waals surface area contributed by atoms with Crippen molar-refractivity contribution in [2.75, 3.05) is 36.0 Å². The molecule has 3 aliphatic rings. The van der Waals surface area contributed by atoms with Crippen LogP contribution in [0.5, 0.6) is 0 Å². The van der Waals surface area contributed by atoms with Gasteiger partial charge in [-0.3, -0.25) is 4.79 Å². The molecular weight excluding hydrogens is 488 g/mol. The van der Waals surface area contributed by atoms with Crippen LogP contribution in [0.3, 0.4) is 0 Å². The SMILES string of the molecule is CCc1noc(N2CCC(N(C(=O)c3cnc(N4CCC(NC(=O)OC(C)(C)C)C4)nc3)C3CC3)CC2)n1. The minimum atomic E-state index is -0.536. The van der Waals surface area contributed by atoms with Gasteiger partial charge in [-0.2, -0.15) is 4.98 Å². The molecular formula is C26H38N8O4. The highest BCUT2D eigenvalue weighted by Gasteiger charge is 2.40. The van der Waals surface area contributed by atoms with Crippen LogP contribution in [0, 0.1) is 0 Å². The fourth-order valence-corrected chi connectivity index (χ4v) is 5.11. The maximum Gasteiger partial charge on any atom is 0.407 e. The maximum atomic E-state index is 13.6. The minimum absolute atomic E-state index is 0.00514. The third-order valence-electron chi connectivity index (χ3n) is 7.15. The number of alkyl carbamates (subject to hydrolysis) is 1. The number of anilines is 2. The van der Waals surface area contributed by atoms with Crippen LogP contribution in [0.1, 0.15) is 76.0 Å². The van der Waals surface area contributed by atoms with E-state index in [-0.39, 0.29) is 24.0 Å². The molecule has 3 fully saturated rings. The molecule has 5 rings (SSSR count). The number of carbonyl (C=O) groups excluding carboxylic acids is 2. The van der Waals surface area contributed by atoms with Gasteiger partial charge in [-0.15, -0.1) is 0 Å². The van der Waals surface area contributed by atoms with Gasteiger partial charge in [0, 0.05) is 57.1 Å². The Morgan fingerprint density at radius 3 is 2.32 bits per heavy atom. The number of amides is 2. The average molecular weight is 527 g/mol. The summed E-state index contributed by atoms with van der Waals surface area (Å²) in [6, 6.07) is 0.982. The van der Waals surface area contributed by atoms with E-state index in [0.717, 1.165) is 58.2 Å². The summed E-state index contributed by atoms with van der Waals surface area (Å²) in [5.74, 6) is 1.27. The Kier molecular flexibility index (Phi) is 7.40. The van der Waals surface area contributed by atoms with Crippen molar-refractivity contribution in [1.29, 1.82) is 0 Å². The highest BCUT2D eigenvalue weighted by atomic mass is 16.6. The molecule has 2 amide bonds. The van der Waals surface area contributed by atoms with Crippen molar-refractivity contribution >= 4 is 24.0 Å². The predicted octanol–water partition coefficient (Wildman–Crippen LogP) is 2.80. The molecule has 4 heterocycles. The molecule has 1 N–H and O–H groups in total. The van der Waals surface area contributed by atoms with E-state index in [1.165, 1.54) is 0 Å². The molecule has 1 saturated carbocycles. The molecule has 2 saturated heterocycles. The molecule has 12 heteroatoms. The number of nitrogens with zero attached hydrogens (tertiary/aromatic N) is 7. The van der Waals surface area contributed by atoms with Gasteiger partial charge in [-0.25, -0.2) is 14.8 Å². The van der Waals surface area contributed by atoms with Crippen LogP contribution in [0.4, 0.5) is 16.8 Å². The van der Waals surface area contributed by atoms with E-state index in [1.54, 1.807) is 12.4 Å². The summed E-state index contributed by atoms with van der Waals surface area (Å²) in [6.45, 7) is 10.4. The summed E-state index contributed by atoms with van der Waals surface area (Å²) in [4.78, 5) is 45.3. The van der Waals surface area contributed by atoms with Crippen LogP contribution in [0.15, 0.2) is 16.9 Å². The molecule has 12 nitrogen and oxygen atoms in total. The Hall–Kier alpha value is -3.44. The number of rotatable bonds is 7. The predicted molar refractivity (Wildman–Crippen MR) is 140 cm³/mol. The highest BCUT2D eigenvalue weighted by Crippen LogP contribution is 2.34. The van der Waals surface area contributed by atoms with Crippen LogP contribution in [-0.4, -0.2) is 86.9 Å². The van der Waals surface area contributed by atoms with E-state index >= 15 is 0 Å². The molecule has 0 radical (unpaired) electrons. The van der Waals surface area contributed by atoms with Crippen LogP contribution >= 0.6 is 0 Å². The Bertz CT molecular complexity index is 1120. The molecule has 1 aliphatic carbocycles. The summed E-state index contributed by atoms with van der Waals surface area (Å²) >= 11 is 0. The standard InChI is InChI=1S/C26H38N8O4/c1-5-21-30-24(38-31-21)32-12-9-20(10-13-32)34(19-6-7-19)22(35)17-14-27-23(28-15-17)33-11-8-18(16-33)29-25(36)37-26(2,3)4/h14-15,18-20H,5-13,16H2,1-4H3,(H,29,36). The molecule has 0 spiro atoms. The second-order valence-electron chi connectivity index (χ2n) is 11.4. The Morgan fingerprint density at radius 2 is 1.71 bits per heavy atom. The van der Waals surface area contributed by atoms with E-state index in [9.17, 15) is 9.59 Å². The van der Waals surface area contributed by atoms with E-state index < -0.39 is 11.7 Å². The zero-order valence-corrected chi connectivity index (χ0v) is 22.7. The first-order valence-electron chi connectivity index (χ1n) is 13.7. The normalized spacial score (nSPS) is 20.5. The van der Waals surface area contributed by atoms with Crippen molar-refractivity contribution in [2.45, 2.75) is 89.9 Å². The summed E-state index contributed by atoms with van der Waals surface area (Å²) < 4.78 is 10.8. The number of carbonyl (C=O) groups is 2. The van der Waals surface area contributed by atoms with Gasteiger partial charge >= 0.3 is 12.1 Å². The number of hydrogen-bond acceptors (Lipinski definition) is 10. The van der Waals surface area contributed by atoms with Gasteiger partial charge in [0.05, 0.1) is 11.6 Å². The first-order chi connectivity index (χ1) is 18.2. The van der Waals surface area contributed by atoms with Crippen molar-refractivity contribution in [2.24, 2.45) is 0 Å². The van der Waals surface area contributed by atoms with Gasteiger partial charge in [0.1, 0.15) is 5.60 Å². The number of ether oxygens (including phenoxy) is 1. The minimum Gasteiger partial charge on any atom is -0.444 e. The summed E-state index contributed by atoms with van der Waals surface area (Å²) in [5.41, 5.74) is -0.0262. The van der Waals surface area contributed by atoms with Crippen molar-refractivity contribution in [3.05, 3.63) is 23.8 Å². The van der Waals surface area contributed by atoms with E-state index in [2.05, 4.69) is 35.2 Å². The number of aromatic nitrogens is 4.